The molecule has 0 aliphatic carbocycles. The van der Waals surface area contributed by atoms with E-state index < -0.39 is 5.97 Å². The predicted molar refractivity (Wildman–Crippen MR) is 73.5 cm³/mol. The normalized spacial score (nSPS) is 12.9. The molecule has 1 unspecified atom stereocenters. The van der Waals surface area contributed by atoms with E-state index in [1.54, 1.807) is 12.1 Å². The maximum absolute atomic E-state index is 13.8. The van der Waals surface area contributed by atoms with E-state index in [0.29, 0.717) is 18.5 Å². The molecule has 0 aliphatic rings. The van der Waals surface area contributed by atoms with Crippen LogP contribution in [-0.2, 0) is 4.79 Å². The summed E-state index contributed by atoms with van der Waals surface area (Å²) in [7, 11) is 0. The molecule has 0 saturated heterocycles. The van der Waals surface area contributed by atoms with Crippen molar-refractivity contribution in [2.45, 2.75) is 45.7 Å². The lowest BCUT2D eigenvalue weighted by molar-refractivity contribution is -0.137. The molecular formula is C15H22FNO2. The monoisotopic (exact) mass is 267 g/mol. The Morgan fingerprint density at radius 3 is 2.47 bits per heavy atom. The number of nitrogens with zero attached hydrogens (tertiary/aromatic N) is 1. The van der Waals surface area contributed by atoms with Gasteiger partial charge >= 0.3 is 5.97 Å². The fraction of sp³-hybridized carbons (Fsp3) is 0.533. The fourth-order valence-corrected chi connectivity index (χ4v) is 2.30. The molecule has 0 fully saturated rings. The van der Waals surface area contributed by atoms with Gasteiger partial charge in [0.05, 0.1) is 0 Å². The zero-order valence-corrected chi connectivity index (χ0v) is 11.8. The number of benzene rings is 1. The number of carboxylic acids is 1. The van der Waals surface area contributed by atoms with Crippen LogP contribution in [-0.4, -0.2) is 28.6 Å². The molecule has 3 nitrogen and oxygen atoms in total. The quantitative estimate of drug-likeness (QED) is 0.822. The summed E-state index contributed by atoms with van der Waals surface area (Å²) in [6, 6.07) is 6.92. The van der Waals surface area contributed by atoms with Crippen LogP contribution in [0.1, 0.15) is 45.2 Å². The second kappa shape index (κ2) is 7.24. The number of rotatable bonds is 7. The number of carboxylic acid groups (broad SMARTS) is 1. The minimum atomic E-state index is -0.790. The Morgan fingerprint density at radius 2 is 1.95 bits per heavy atom. The van der Waals surface area contributed by atoms with Crippen LogP contribution < -0.4 is 0 Å². The van der Waals surface area contributed by atoms with Crippen LogP contribution in [0.3, 0.4) is 0 Å². The SMILES string of the molecule is CC(C)N(CCCC(=O)O)C(C)c1ccccc1F. The van der Waals surface area contributed by atoms with Gasteiger partial charge in [-0.25, -0.2) is 4.39 Å². The minimum absolute atomic E-state index is 0.0602. The number of hydrogen-bond acceptors (Lipinski definition) is 2. The summed E-state index contributed by atoms with van der Waals surface area (Å²) < 4.78 is 13.8. The largest absolute Gasteiger partial charge is 0.481 e. The standard InChI is InChI=1S/C15H22FNO2/c1-11(2)17(10-6-9-15(18)19)12(3)13-7-4-5-8-14(13)16/h4-5,7-8,11-12H,6,9-10H2,1-3H3,(H,18,19). The summed E-state index contributed by atoms with van der Waals surface area (Å²) >= 11 is 0. The number of carbonyl (C=O) groups is 1. The van der Waals surface area contributed by atoms with Crippen LogP contribution in [0.25, 0.3) is 0 Å². The topological polar surface area (TPSA) is 40.5 Å². The molecule has 1 aromatic carbocycles. The van der Waals surface area contributed by atoms with Crippen LogP contribution in [0.15, 0.2) is 24.3 Å². The maximum Gasteiger partial charge on any atom is 0.303 e. The molecule has 0 amide bonds. The van der Waals surface area contributed by atoms with Crippen LogP contribution in [0.5, 0.6) is 0 Å². The Hall–Kier alpha value is -1.42. The molecule has 0 aromatic heterocycles. The maximum atomic E-state index is 13.8. The van der Waals surface area contributed by atoms with E-state index in [4.69, 9.17) is 5.11 Å². The second-order valence-corrected chi connectivity index (χ2v) is 5.03. The summed E-state index contributed by atoms with van der Waals surface area (Å²) in [6.07, 6.45) is 0.722. The van der Waals surface area contributed by atoms with E-state index >= 15 is 0 Å². The summed E-state index contributed by atoms with van der Waals surface area (Å²) in [5.74, 6) is -0.999. The first-order valence-electron chi connectivity index (χ1n) is 6.65. The zero-order valence-electron chi connectivity index (χ0n) is 11.8. The highest BCUT2D eigenvalue weighted by atomic mass is 19.1. The highest BCUT2D eigenvalue weighted by Crippen LogP contribution is 2.25. The highest BCUT2D eigenvalue weighted by Gasteiger charge is 2.20. The number of hydrogen-bond donors (Lipinski definition) is 1. The molecule has 106 valence electrons. The fourth-order valence-electron chi connectivity index (χ4n) is 2.30. The molecule has 0 radical (unpaired) electrons. The summed E-state index contributed by atoms with van der Waals surface area (Å²) in [6.45, 7) is 6.69. The third-order valence-electron chi connectivity index (χ3n) is 3.32. The first-order chi connectivity index (χ1) is 8.93. The molecule has 4 heteroatoms. The molecule has 1 N–H and O–H groups in total. The van der Waals surface area contributed by atoms with Crippen molar-refractivity contribution < 1.29 is 14.3 Å². The lowest BCUT2D eigenvalue weighted by atomic mass is 10.0. The highest BCUT2D eigenvalue weighted by molar-refractivity contribution is 5.66. The van der Waals surface area contributed by atoms with Crippen molar-refractivity contribution in [2.75, 3.05) is 6.54 Å². The lowest BCUT2D eigenvalue weighted by Crippen LogP contribution is -2.35. The van der Waals surface area contributed by atoms with Crippen LogP contribution in [0.2, 0.25) is 0 Å². The van der Waals surface area contributed by atoms with Gasteiger partial charge in [0.25, 0.3) is 0 Å². The van der Waals surface area contributed by atoms with E-state index in [0.717, 1.165) is 0 Å². The van der Waals surface area contributed by atoms with E-state index in [1.807, 2.05) is 26.8 Å². The molecule has 1 rings (SSSR count). The van der Waals surface area contributed by atoms with Crippen molar-refractivity contribution in [2.24, 2.45) is 0 Å². The molecule has 0 spiro atoms. The Labute approximate surface area is 114 Å². The van der Waals surface area contributed by atoms with Crippen molar-refractivity contribution in [1.29, 1.82) is 0 Å². The van der Waals surface area contributed by atoms with Crippen LogP contribution >= 0.6 is 0 Å². The van der Waals surface area contributed by atoms with Gasteiger partial charge in [-0.2, -0.15) is 0 Å². The third-order valence-corrected chi connectivity index (χ3v) is 3.32. The second-order valence-electron chi connectivity index (χ2n) is 5.03. The zero-order chi connectivity index (χ0) is 14.4. The predicted octanol–water partition coefficient (Wildman–Crippen LogP) is 3.46. The van der Waals surface area contributed by atoms with Crippen molar-refractivity contribution in [3.8, 4) is 0 Å². The molecule has 1 atom stereocenters. The van der Waals surface area contributed by atoms with E-state index in [9.17, 15) is 9.18 Å². The average molecular weight is 267 g/mol. The van der Waals surface area contributed by atoms with E-state index in [2.05, 4.69) is 4.90 Å². The van der Waals surface area contributed by atoms with Gasteiger partial charge in [0, 0.05) is 24.1 Å². The van der Waals surface area contributed by atoms with Crippen molar-refractivity contribution in [1.82, 2.24) is 4.90 Å². The molecule has 0 bridgehead atoms. The number of halogens is 1. The van der Waals surface area contributed by atoms with Crippen molar-refractivity contribution >= 4 is 5.97 Å². The first-order valence-corrected chi connectivity index (χ1v) is 6.65. The van der Waals surface area contributed by atoms with Gasteiger partial charge < -0.3 is 5.11 Å². The van der Waals surface area contributed by atoms with Gasteiger partial charge in [-0.05, 0) is 39.8 Å². The Bertz CT molecular complexity index is 420. The molecule has 0 aliphatic heterocycles. The summed E-state index contributed by atoms with van der Waals surface area (Å²) in [5.41, 5.74) is 0.659. The molecule has 0 saturated carbocycles. The van der Waals surface area contributed by atoms with E-state index in [-0.39, 0.29) is 24.3 Å². The smallest absolute Gasteiger partial charge is 0.303 e. The Kier molecular flexibility index (Phi) is 5.96. The van der Waals surface area contributed by atoms with E-state index in [1.165, 1.54) is 6.07 Å². The van der Waals surface area contributed by atoms with Crippen molar-refractivity contribution in [3.63, 3.8) is 0 Å². The lowest BCUT2D eigenvalue weighted by Gasteiger charge is -2.33. The molecular weight excluding hydrogens is 245 g/mol. The van der Waals surface area contributed by atoms with Gasteiger partial charge in [-0.1, -0.05) is 18.2 Å². The third kappa shape index (κ3) is 4.63. The van der Waals surface area contributed by atoms with Crippen LogP contribution in [0, 0.1) is 5.82 Å². The Balaban J connectivity index is 2.76. The Morgan fingerprint density at radius 1 is 1.32 bits per heavy atom. The van der Waals surface area contributed by atoms with Gasteiger partial charge in [0.1, 0.15) is 5.82 Å². The molecule has 19 heavy (non-hydrogen) atoms. The minimum Gasteiger partial charge on any atom is -0.481 e. The average Bonchev–Trinajstić information content (AvgIpc) is 2.33. The molecule has 0 heterocycles. The van der Waals surface area contributed by atoms with Gasteiger partial charge in [0.2, 0.25) is 0 Å². The van der Waals surface area contributed by atoms with Crippen LogP contribution in [0.4, 0.5) is 4.39 Å². The summed E-state index contributed by atoms with van der Waals surface area (Å²) in [4.78, 5) is 12.7. The number of aliphatic carboxylic acids is 1. The van der Waals surface area contributed by atoms with Crippen molar-refractivity contribution in [3.05, 3.63) is 35.6 Å². The van der Waals surface area contributed by atoms with Gasteiger partial charge in [0.15, 0.2) is 0 Å². The molecule has 1 aromatic rings. The van der Waals surface area contributed by atoms with Gasteiger partial charge in [-0.15, -0.1) is 0 Å². The van der Waals surface area contributed by atoms with Gasteiger partial charge in [-0.3, -0.25) is 9.69 Å². The summed E-state index contributed by atoms with van der Waals surface area (Å²) in [5, 5.41) is 8.69. The first kappa shape index (κ1) is 15.6.